The largest absolute Gasteiger partial charge is 0.344 e. The Hall–Kier alpha value is -3.39. The Bertz CT molecular complexity index is 1000. The van der Waals surface area contributed by atoms with Gasteiger partial charge in [0.2, 0.25) is 0 Å². The van der Waals surface area contributed by atoms with Crippen LogP contribution < -0.4 is 0 Å². The van der Waals surface area contributed by atoms with Gasteiger partial charge in [0.15, 0.2) is 0 Å². The summed E-state index contributed by atoms with van der Waals surface area (Å²) in [7, 11) is 2.12. The lowest BCUT2D eigenvalue weighted by atomic mass is 10.2. The fraction of sp³-hybridized carbons (Fsp3) is 0.303. The van der Waals surface area contributed by atoms with Crippen molar-refractivity contribution < 1.29 is 0 Å². The molecule has 3 aromatic carbocycles. The maximum atomic E-state index is 3.78. The van der Waals surface area contributed by atoms with E-state index in [2.05, 4.69) is 84.2 Å². The molecule has 190 valence electrons. The number of aromatic nitrogens is 2. The van der Waals surface area contributed by atoms with Crippen molar-refractivity contribution in [3.63, 3.8) is 0 Å². The Morgan fingerprint density at radius 1 is 0.457 bits per heavy atom. The molecule has 0 radical (unpaired) electrons. The van der Waals surface area contributed by atoms with Crippen LogP contribution in [0, 0.1) is 6.92 Å². The van der Waals surface area contributed by atoms with Crippen molar-refractivity contribution in [3.8, 4) is 0 Å². The minimum absolute atomic E-state index is 1.30. The van der Waals surface area contributed by atoms with Crippen molar-refractivity contribution in [1.29, 1.82) is 0 Å². The summed E-state index contributed by atoms with van der Waals surface area (Å²) in [5.74, 6) is 0. The van der Waals surface area contributed by atoms with Gasteiger partial charge in [0.1, 0.15) is 0 Å². The number of hydrogen-bond acceptors (Lipinski definition) is 1. The first kappa shape index (κ1) is 33.8. The lowest BCUT2D eigenvalue weighted by Gasteiger charge is -1.95. The second-order valence-electron chi connectivity index (χ2n) is 6.27. The molecule has 0 saturated carbocycles. The minimum Gasteiger partial charge on any atom is -0.344 e. The SMILES string of the molecule is CC.CC.CC.CC.Cc1ccccc1.Cn1c2ccccc2c2ccccc21.c1ccncc1. The second kappa shape index (κ2) is 23.8. The van der Waals surface area contributed by atoms with Gasteiger partial charge in [-0.05, 0) is 31.2 Å². The van der Waals surface area contributed by atoms with Crippen LogP contribution in [0.25, 0.3) is 21.8 Å². The molecule has 0 spiro atoms. The molecule has 0 aliphatic heterocycles. The van der Waals surface area contributed by atoms with E-state index in [9.17, 15) is 0 Å². The molecular weight excluding hydrogens is 424 g/mol. The molecule has 0 fully saturated rings. The van der Waals surface area contributed by atoms with Crippen LogP contribution in [0.3, 0.4) is 0 Å². The van der Waals surface area contributed by atoms with Gasteiger partial charge in [0.05, 0.1) is 0 Å². The maximum Gasteiger partial charge on any atom is 0.0488 e. The van der Waals surface area contributed by atoms with Crippen LogP contribution in [0.15, 0.2) is 109 Å². The fourth-order valence-corrected chi connectivity index (χ4v) is 2.96. The van der Waals surface area contributed by atoms with Crippen molar-refractivity contribution in [2.24, 2.45) is 7.05 Å². The van der Waals surface area contributed by atoms with Gasteiger partial charge in [0, 0.05) is 41.2 Å². The van der Waals surface area contributed by atoms with Crippen LogP contribution >= 0.6 is 0 Å². The van der Waals surface area contributed by atoms with Crippen molar-refractivity contribution in [2.45, 2.75) is 62.3 Å². The van der Waals surface area contributed by atoms with Crippen LogP contribution in [0.2, 0.25) is 0 Å². The zero-order chi connectivity index (χ0) is 26.9. The lowest BCUT2D eigenvalue weighted by molar-refractivity contribution is 1.01. The molecule has 2 aromatic heterocycles. The predicted molar refractivity (Wildman–Crippen MR) is 161 cm³/mol. The number of fused-ring (bicyclic) bond motifs is 3. The van der Waals surface area contributed by atoms with Gasteiger partial charge in [-0.1, -0.05) is 134 Å². The molecule has 0 aliphatic rings. The summed E-state index contributed by atoms with van der Waals surface area (Å²) in [5, 5.41) is 2.68. The average molecular weight is 473 g/mol. The normalized spacial score (nSPS) is 8.29. The molecule has 0 amide bonds. The van der Waals surface area contributed by atoms with E-state index in [4.69, 9.17) is 0 Å². The molecule has 0 unspecified atom stereocenters. The Kier molecular flexibility index (Phi) is 22.9. The number of pyridine rings is 1. The third-order valence-corrected chi connectivity index (χ3v) is 4.33. The quantitative estimate of drug-likeness (QED) is 0.219. The highest BCUT2D eigenvalue weighted by Gasteiger charge is 2.04. The van der Waals surface area contributed by atoms with Gasteiger partial charge in [0.25, 0.3) is 0 Å². The highest BCUT2D eigenvalue weighted by atomic mass is 14.9. The monoisotopic (exact) mass is 472 g/mol. The predicted octanol–water partition coefficient (Wildman–Crippen LogP) is 10.5. The van der Waals surface area contributed by atoms with E-state index < -0.39 is 0 Å². The van der Waals surface area contributed by atoms with Crippen molar-refractivity contribution in [3.05, 3.63) is 115 Å². The molecule has 0 aliphatic carbocycles. The Morgan fingerprint density at radius 3 is 1.09 bits per heavy atom. The average Bonchev–Trinajstić information content (AvgIpc) is 3.27. The standard InChI is InChI=1S/C13H11N.C7H8.C5H5N.4C2H6/c1-14-12-8-4-2-6-10(12)11-7-3-5-9-13(11)14;1-7-5-3-2-4-6-7;1-2-4-6-5-3-1;4*1-2/h2-9H,1H3;2-6H,1H3;1-5H;4*1-2H3. The maximum absolute atomic E-state index is 3.78. The molecule has 0 bridgehead atoms. The number of aryl methyl sites for hydroxylation is 2. The van der Waals surface area contributed by atoms with Crippen LogP contribution in [-0.2, 0) is 7.05 Å². The summed E-state index contributed by atoms with van der Waals surface area (Å²) in [5.41, 5.74) is 3.92. The summed E-state index contributed by atoms with van der Waals surface area (Å²) in [6.07, 6.45) is 3.50. The molecule has 0 N–H and O–H groups in total. The lowest BCUT2D eigenvalue weighted by Crippen LogP contribution is -1.84. The van der Waals surface area contributed by atoms with E-state index in [0.29, 0.717) is 0 Å². The third kappa shape index (κ3) is 12.6. The zero-order valence-corrected chi connectivity index (χ0v) is 23.8. The first-order chi connectivity index (χ1) is 17.3. The molecular formula is C33H48N2. The van der Waals surface area contributed by atoms with Crippen LogP contribution in [0.4, 0.5) is 0 Å². The number of para-hydroxylation sites is 2. The molecule has 5 aromatic rings. The second-order valence-corrected chi connectivity index (χ2v) is 6.27. The molecule has 5 rings (SSSR count). The highest BCUT2D eigenvalue weighted by molar-refractivity contribution is 6.07. The van der Waals surface area contributed by atoms with E-state index >= 15 is 0 Å². The first-order valence-corrected chi connectivity index (χ1v) is 13.1. The Morgan fingerprint density at radius 2 is 0.800 bits per heavy atom. The molecule has 2 nitrogen and oxygen atoms in total. The number of rotatable bonds is 0. The van der Waals surface area contributed by atoms with Gasteiger partial charge in [-0.15, -0.1) is 0 Å². The Balaban J connectivity index is 0. The number of hydrogen-bond donors (Lipinski definition) is 0. The molecule has 2 heterocycles. The number of benzene rings is 3. The molecule has 0 saturated heterocycles. The fourth-order valence-electron chi connectivity index (χ4n) is 2.96. The van der Waals surface area contributed by atoms with Gasteiger partial charge in [-0.25, -0.2) is 0 Å². The smallest absolute Gasteiger partial charge is 0.0488 e. The van der Waals surface area contributed by atoms with Crippen molar-refractivity contribution in [1.82, 2.24) is 9.55 Å². The van der Waals surface area contributed by atoms with E-state index in [-0.39, 0.29) is 0 Å². The minimum atomic E-state index is 1.30. The molecule has 0 atom stereocenters. The van der Waals surface area contributed by atoms with Gasteiger partial charge in [-0.3, -0.25) is 4.98 Å². The van der Waals surface area contributed by atoms with Crippen LogP contribution in [-0.4, -0.2) is 9.55 Å². The van der Waals surface area contributed by atoms with E-state index in [1.54, 1.807) is 12.4 Å². The number of nitrogens with zero attached hydrogens (tertiary/aromatic N) is 2. The highest BCUT2D eigenvalue weighted by Crippen LogP contribution is 2.27. The summed E-state index contributed by atoms with van der Waals surface area (Å²) in [6.45, 7) is 18.1. The van der Waals surface area contributed by atoms with E-state index in [1.807, 2.05) is 91.8 Å². The molecule has 35 heavy (non-hydrogen) atoms. The van der Waals surface area contributed by atoms with Crippen molar-refractivity contribution >= 4 is 21.8 Å². The summed E-state index contributed by atoms with van der Waals surface area (Å²) in [4.78, 5) is 3.78. The molecule has 2 heteroatoms. The van der Waals surface area contributed by atoms with E-state index in [0.717, 1.165) is 0 Å². The van der Waals surface area contributed by atoms with Gasteiger partial charge >= 0.3 is 0 Å². The topological polar surface area (TPSA) is 17.8 Å². The third-order valence-electron chi connectivity index (χ3n) is 4.33. The van der Waals surface area contributed by atoms with Crippen LogP contribution in [0.5, 0.6) is 0 Å². The Labute approximate surface area is 215 Å². The summed E-state index contributed by atoms with van der Waals surface area (Å²) in [6, 6.07) is 33.0. The summed E-state index contributed by atoms with van der Waals surface area (Å²) < 4.78 is 2.24. The van der Waals surface area contributed by atoms with Gasteiger partial charge < -0.3 is 4.57 Å². The summed E-state index contributed by atoms with van der Waals surface area (Å²) >= 11 is 0. The van der Waals surface area contributed by atoms with Crippen molar-refractivity contribution in [2.75, 3.05) is 0 Å². The zero-order valence-electron chi connectivity index (χ0n) is 23.8. The first-order valence-electron chi connectivity index (χ1n) is 13.1. The van der Waals surface area contributed by atoms with Gasteiger partial charge in [-0.2, -0.15) is 0 Å². The van der Waals surface area contributed by atoms with E-state index in [1.165, 1.54) is 27.4 Å². The van der Waals surface area contributed by atoms with Crippen LogP contribution in [0.1, 0.15) is 61.0 Å².